The van der Waals surface area contributed by atoms with Crippen LogP contribution in [0.1, 0.15) is 11.1 Å². The molecule has 0 saturated heterocycles. The summed E-state index contributed by atoms with van der Waals surface area (Å²) in [5.41, 5.74) is 1.67. The van der Waals surface area contributed by atoms with Crippen LogP contribution in [0.15, 0.2) is 59.6 Å². The van der Waals surface area contributed by atoms with E-state index in [2.05, 4.69) is 22.5 Å². The van der Waals surface area contributed by atoms with Gasteiger partial charge in [-0.2, -0.15) is 0 Å². The van der Waals surface area contributed by atoms with Gasteiger partial charge in [0, 0.05) is 21.7 Å². The molecule has 0 saturated carbocycles. The highest BCUT2D eigenvalue weighted by Crippen LogP contribution is 2.29. The molecule has 6 heteroatoms. The molecular formula is C19H15BrCl2O3. The quantitative estimate of drug-likeness (QED) is 0.297. The topological polar surface area (TPSA) is 35.5 Å². The summed E-state index contributed by atoms with van der Waals surface area (Å²) in [6, 6.07) is 10.8. The molecule has 130 valence electrons. The van der Waals surface area contributed by atoms with Crippen molar-refractivity contribution >= 4 is 51.2 Å². The Hall–Kier alpha value is -1.75. The second-order valence-electron chi connectivity index (χ2n) is 4.97. The normalized spacial score (nSPS) is 10.7. The lowest BCUT2D eigenvalue weighted by Crippen LogP contribution is -1.99. The van der Waals surface area contributed by atoms with Gasteiger partial charge < -0.3 is 9.47 Å². The molecule has 2 aromatic carbocycles. The third-order valence-corrected chi connectivity index (χ3v) is 4.32. The van der Waals surface area contributed by atoms with Gasteiger partial charge in [0.15, 0.2) is 0 Å². The third-order valence-electron chi connectivity index (χ3n) is 3.11. The number of hydrogen-bond acceptors (Lipinski definition) is 3. The van der Waals surface area contributed by atoms with Crippen molar-refractivity contribution in [2.45, 2.75) is 6.61 Å². The second kappa shape index (κ2) is 9.66. The summed E-state index contributed by atoms with van der Waals surface area (Å²) in [6.45, 7) is 3.99. The maximum absolute atomic E-state index is 11.4. The number of carbonyl (C=O) groups excluding carboxylic acids is 1. The minimum Gasteiger partial charge on any atom is -0.488 e. The summed E-state index contributed by atoms with van der Waals surface area (Å²) in [4.78, 5) is 11.4. The highest BCUT2D eigenvalue weighted by atomic mass is 79.9. The van der Waals surface area contributed by atoms with E-state index in [4.69, 9.17) is 32.7 Å². The van der Waals surface area contributed by atoms with E-state index in [0.717, 1.165) is 15.6 Å². The van der Waals surface area contributed by atoms with Crippen molar-refractivity contribution in [3.63, 3.8) is 0 Å². The number of carbonyl (C=O) groups is 1. The first-order valence-electron chi connectivity index (χ1n) is 7.31. The van der Waals surface area contributed by atoms with Crippen molar-refractivity contribution in [2.75, 3.05) is 6.61 Å². The molecule has 0 bridgehead atoms. The van der Waals surface area contributed by atoms with Gasteiger partial charge in [-0.15, -0.1) is 0 Å². The van der Waals surface area contributed by atoms with Crippen molar-refractivity contribution in [3.8, 4) is 5.75 Å². The molecule has 0 spiro atoms. The maximum atomic E-state index is 11.4. The van der Waals surface area contributed by atoms with Crippen LogP contribution in [-0.2, 0) is 16.1 Å². The number of halogens is 3. The fourth-order valence-corrected chi connectivity index (χ4v) is 2.86. The summed E-state index contributed by atoms with van der Waals surface area (Å²) >= 11 is 15.5. The number of hydrogen-bond donors (Lipinski definition) is 0. The highest BCUT2D eigenvalue weighted by molar-refractivity contribution is 9.10. The zero-order valence-corrected chi connectivity index (χ0v) is 16.3. The van der Waals surface area contributed by atoms with Crippen LogP contribution < -0.4 is 4.74 Å². The molecule has 0 atom stereocenters. The van der Waals surface area contributed by atoms with Crippen LogP contribution in [0.5, 0.6) is 5.75 Å². The van der Waals surface area contributed by atoms with Gasteiger partial charge in [0.25, 0.3) is 0 Å². The first kappa shape index (κ1) is 19.6. The van der Waals surface area contributed by atoms with E-state index in [1.807, 2.05) is 24.3 Å². The Bertz CT molecular complexity index is 803. The van der Waals surface area contributed by atoms with Gasteiger partial charge in [0.05, 0.1) is 4.47 Å². The van der Waals surface area contributed by atoms with Gasteiger partial charge in [-0.05, 0) is 51.8 Å². The standard InChI is InChI=1S/C19H15BrCl2O3/c1-2-9-24-19(23)8-4-13-3-7-18(16(20)10-13)25-12-14-5-6-15(21)11-17(14)22/h2-8,10-11H,1,9,12H2/b8-4+. The lowest BCUT2D eigenvalue weighted by molar-refractivity contribution is -0.136. The molecular weight excluding hydrogens is 427 g/mol. The van der Waals surface area contributed by atoms with Crippen LogP contribution in [0.3, 0.4) is 0 Å². The van der Waals surface area contributed by atoms with E-state index in [-0.39, 0.29) is 6.61 Å². The summed E-state index contributed by atoms with van der Waals surface area (Å²) in [5, 5.41) is 1.14. The van der Waals surface area contributed by atoms with E-state index in [1.165, 1.54) is 12.2 Å². The van der Waals surface area contributed by atoms with E-state index in [1.54, 1.807) is 18.2 Å². The SMILES string of the molecule is C=CCOC(=O)/C=C/c1ccc(OCc2ccc(Cl)cc2Cl)c(Br)c1. The van der Waals surface area contributed by atoms with Crippen LogP contribution in [-0.4, -0.2) is 12.6 Å². The lowest BCUT2D eigenvalue weighted by atomic mass is 10.2. The van der Waals surface area contributed by atoms with Crippen molar-refractivity contribution in [1.82, 2.24) is 0 Å². The third kappa shape index (κ3) is 6.24. The maximum Gasteiger partial charge on any atom is 0.331 e. The molecule has 2 aromatic rings. The van der Waals surface area contributed by atoms with Crippen LogP contribution in [0.4, 0.5) is 0 Å². The van der Waals surface area contributed by atoms with E-state index >= 15 is 0 Å². The van der Waals surface area contributed by atoms with Crippen molar-refractivity contribution in [2.24, 2.45) is 0 Å². The first-order chi connectivity index (χ1) is 12.0. The Labute approximate surface area is 165 Å². The Morgan fingerprint density at radius 1 is 1.20 bits per heavy atom. The Morgan fingerprint density at radius 3 is 2.68 bits per heavy atom. The van der Waals surface area contributed by atoms with Gasteiger partial charge in [0.2, 0.25) is 0 Å². The molecule has 0 fully saturated rings. The second-order valence-corrected chi connectivity index (χ2v) is 6.66. The summed E-state index contributed by atoms with van der Waals surface area (Å²) in [6.07, 6.45) is 4.54. The average molecular weight is 442 g/mol. The van der Waals surface area contributed by atoms with Crippen LogP contribution in [0.25, 0.3) is 6.08 Å². The fraction of sp³-hybridized carbons (Fsp3) is 0.105. The monoisotopic (exact) mass is 440 g/mol. The molecule has 0 amide bonds. The summed E-state index contributed by atoms with van der Waals surface area (Å²) in [5.74, 6) is 0.242. The van der Waals surface area contributed by atoms with Crippen molar-refractivity contribution < 1.29 is 14.3 Å². The van der Waals surface area contributed by atoms with Crippen molar-refractivity contribution in [3.05, 3.63) is 80.8 Å². The lowest BCUT2D eigenvalue weighted by Gasteiger charge is -2.10. The molecule has 0 N–H and O–H groups in total. The van der Waals surface area contributed by atoms with Gasteiger partial charge in [-0.1, -0.05) is 48.0 Å². The van der Waals surface area contributed by atoms with Gasteiger partial charge in [-0.3, -0.25) is 0 Å². The van der Waals surface area contributed by atoms with Gasteiger partial charge in [0.1, 0.15) is 19.0 Å². The largest absolute Gasteiger partial charge is 0.488 e. The Balaban J connectivity index is 2.00. The van der Waals surface area contributed by atoms with Crippen LogP contribution in [0, 0.1) is 0 Å². The molecule has 3 nitrogen and oxygen atoms in total. The molecule has 0 aromatic heterocycles. The molecule has 0 heterocycles. The molecule has 0 aliphatic carbocycles. The minimum atomic E-state index is -0.422. The Kier molecular flexibility index (Phi) is 7.56. The minimum absolute atomic E-state index is 0.187. The zero-order valence-electron chi connectivity index (χ0n) is 13.2. The molecule has 2 rings (SSSR count). The van der Waals surface area contributed by atoms with Gasteiger partial charge in [-0.25, -0.2) is 4.79 Å². The number of ether oxygens (including phenoxy) is 2. The first-order valence-corrected chi connectivity index (χ1v) is 8.86. The van der Waals surface area contributed by atoms with Gasteiger partial charge >= 0.3 is 5.97 Å². The predicted molar refractivity (Wildman–Crippen MR) is 105 cm³/mol. The van der Waals surface area contributed by atoms with E-state index in [0.29, 0.717) is 22.4 Å². The number of rotatable bonds is 7. The number of benzene rings is 2. The zero-order chi connectivity index (χ0) is 18.2. The molecule has 25 heavy (non-hydrogen) atoms. The van der Waals surface area contributed by atoms with E-state index in [9.17, 15) is 4.79 Å². The van der Waals surface area contributed by atoms with Crippen LogP contribution >= 0.6 is 39.1 Å². The smallest absolute Gasteiger partial charge is 0.331 e. The molecule has 0 unspecified atom stereocenters. The summed E-state index contributed by atoms with van der Waals surface area (Å²) in [7, 11) is 0. The van der Waals surface area contributed by atoms with E-state index < -0.39 is 5.97 Å². The van der Waals surface area contributed by atoms with Crippen molar-refractivity contribution in [1.29, 1.82) is 0 Å². The molecule has 0 aliphatic heterocycles. The highest BCUT2D eigenvalue weighted by Gasteiger charge is 2.06. The average Bonchev–Trinajstić information content (AvgIpc) is 2.58. The molecule has 0 aliphatic rings. The van der Waals surface area contributed by atoms with Crippen LogP contribution in [0.2, 0.25) is 10.0 Å². The number of esters is 1. The molecule has 0 radical (unpaired) electrons. The summed E-state index contributed by atoms with van der Waals surface area (Å²) < 4.78 is 11.4. The fourth-order valence-electron chi connectivity index (χ4n) is 1.89. The Morgan fingerprint density at radius 2 is 2.00 bits per heavy atom. The predicted octanol–water partition coefficient (Wildman–Crippen LogP) is 6.08.